The van der Waals surface area contributed by atoms with E-state index in [-0.39, 0.29) is 0 Å². The van der Waals surface area contributed by atoms with Gasteiger partial charge in [0.2, 0.25) is 11.1 Å². The van der Waals surface area contributed by atoms with Gasteiger partial charge in [-0.25, -0.2) is 9.78 Å². The zero-order chi connectivity index (χ0) is 16.1. The van der Waals surface area contributed by atoms with Gasteiger partial charge in [-0.1, -0.05) is 11.8 Å². The van der Waals surface area contributed by atoms with Gasteiger partial charge in [-0.3, -0.25) is 15.2 Å². The normalized spacial score (nSPS) is 11.7. The average molecular weight is 321 g/mol. The van der Waals surface area contributed by atoms with Gasteiger partial charge in [-0.2, -0.15) is 0 Å². The highest BCUT2D eigenvalue weighted by atomic mass is 32.2. The van der Waals surface area contributed by atoms with Crippen molar-refractivity contribution in [2.45, 2.75) is 17.3 Å². The molecule has 0 bridgehead atoms. The van der Waals surface area contributed by atoms with Crippen LogP contribution in [0.5, 0.6) is 5.75 Å². The maximum Gasteiger partial charge on any atom is 0.318 e. The van der Waals surface area contributed by atoms with Crippen molar-refractivity contribution in [3.05, 3.63) is 24.3 Å². The third-order valence-corrected chi connectivity index (χ3v) is 3.69. The third kappa shape index (κ3) is 3.98. The molecule has 0 aliphatic heterocycles. The van der Waals surface area contributed by atoms with E-state index in [9.17, 15) is 9.59 Å². The predicted octanol–water partition coefficient (Wildman–Crippen LogP) is 1.16. The summed E-state index contributed by atoms with van der Waals surface area (Å²) in [5, 5.41) is 8.70. The first kappa shape index (κ1) is 15.8. The maximum atomic E-state index is 11.6. The number of ether oxygens (including phenoxy) is 1. The summed E-state index contributed by atoms with van der Waals surface area (Å²) >= 11 is 1.12. The lowest BCUT2D eigenvalue weighted by molar-refractivity contribution is -0.119. The van der Waals surface area contributed by atoms with Gasteiger partial charge in [0.15, 0.2) is 5.82 Å². The second-order valence-electron chi connectivity index (χ2n) is 4.31. The number of rotatable bonds is 5. The van der Waals surface area contributed by atoms with Crippen LogP contribution in [-0.4, -0.2) is 39.5 Å². The number of hydrogen-bond acceptors (Lipinski definition) is 6. The van der Waals surface area contributed by atoms with Crippen LogP contribution in [0.4, 0.5) is 4.79 Å². The molecule has 1 heterocycles. The molecule has 0 spiro atoms. The first-order valence-electron chi connectivity index (χ1n) is 6.33. The minimum Gasteiger partial charge on any atom is -0.497 e. The monoisotopic (exact) mass is 321 g/mol. The number of imide groups is 1. The molecule has 0 saturated carbocycles. The highest BCUT2D eigenvalue weighted by molar-refractivity contribution is 8.00. The fourth-order valence-electron chi connectivity index (χ4n) is 1.61. The van der Waals surface area contributed by atoms with E-state index in [4.69, 9.17) is 10.5 Å². The van der Waals surface area contributed by atoms with E-state index in [0.29, 0.717) is 11.0 Å². The summed E-state index contributed by atoms with van der Waals surface area (Å²) in [5.74, 6) is 0.829. The van der Waals surface area contributed by atoms with Crippen molar-refractivity contribution in [2.24, 2.45) is 5.73 Å². The fraction of sp³-hybridized carbons (Fsp3) is 0.231. The second kappa shape index (κ2) is 6.94. The molecule has 0 unspecified atom stereocenters. The minimum absolute atomic E-state index is 0.401. The van der Waals surface area contributed by atoms with Crippen molar-refractivity contribution < 1.29 is 14.3 Å². The number of nitrogens with one attached hydrogen (secondary N) is 2. The molecule has 2 aromatic rings. The summed E-state index contributed by atoms with van der Waals surface area (Å²) in [6, 6.07) is 6.43. The number of primary amides is 1. The Labute approximate surface area is 130 Å². The number of thioether (sulfide) groups is 1. The molecule has 2 rings (SSSR count). The van der Waals surface area contributed by atoms with Crippen molar-refractivity contribution in [2.75, 3.05) is 7.11 Å². The van der Waals surface area contributed by atoms with Crippen LogP contribution in [0.3, 0.4) is 0 Å². The van der Waals surface area contributed by atoms with Gasteiger partial charge in [-0.05, 0) is 31.2 Å². The number of H-pyrrole nitrogens is 1. The molecule has 1 aromatic heterocycles. The fourth-order valence-corrected chi connectivity index (χ4v) is 2.34. The van der Waals surface area contributed by atoms with E-state index >= 15 is 0 Å². The SMILES string of the molecule is COc1ccc(-c2nc(S[C@@H](C)C(=O)NC(N)=O)n[nH]2)cc1. The lowest BCUT2D eigenvalue weighted by Gasteiger charge is -2.06. The number of amides is 3. The Morgan fingerprint density at radius 1 is 1.36 bits per heavy atom. The van der Waals surface area contributed by atoms with E-state index < -0.39 is 17.2 Å². The smallest absolute Gasteiger partial charge is 0.318 e. The van der Waals surface area contributed by atoms with Crippen LogP contribution in [0, 0.1) is 0 Å². The summed E-state index contributed by atoms with van der Waals surface area (Å²) in [6.07, 6.45) is 0. The van der Waals surface area contributed by atoms with E-state index in [1.165, 1.54) is 0 Å². The Balaban J connectivity index is 2.04. The molecule has 0 aliphatic carbocycles. The molecular weight excluding hydrogens is 306 g/mol. The average Bonchev–Trinajstić information content (AvgIpc) is 2.95. The van der Waals surface area contributed by atoms with Gasteiger partial charge in [0.05, 0.1) is 12.4 Å². The van der Waals surface area contributed by atoms with Crippen LogP contribution in [0.25, 0.3) is 11.4 Å². The first-order valence-corrected chi connectivity index (χ1v) is 7.21. The van der Waals surface area contributed by atoms with E-state index in [2.05, 4.69) is 15.2 Å². The van der Waals surface area contributed by atoms with Gasteiger partial charge in [0.25, 0.3) is 0 Å². The maximum absolute atomic E-state index is 11.6. The number of aromatic amines is 1. The second-order valence-corrected chi connectivity index (χ2v) is 5.62. The number of aromatic nitrogens is 3. The topological polar surface area (TPSA) is 123 Å². The molecule has 0 fully saturated rings. The summed E-state index contributed by atoms with van der Waals surface area (Å²) in [4.78, 5) is 26.5. The molecule has 4 N–H and O–H groups in total. The lowest BCUT2D eigenvalue weighted by atomic mass is 10.2. The zero-order valence-electron chi connectivity index (χ0n) is 12.0. The molecule has 0 radical (unpaired) electrons. The number of benzene rings is 1. The van der Waals surface area contributed by atoms with Crippen LogP contribution in [0.15, 0.2) is 29.4 Å². The number of carbonyl (C=O) groups is 2. The molecule has 9 heteroatoms. The van der Waals surface area contributed by atoms with Gasteiger partial charge >= 0.3 is 6.03 Å². The number of nitrogens with zero attached hydrogens (tertiary/aromatic N) is 2. The van der Waals surface area contributed by atoms with Crippen LogP contribution < -0.4 is 15.8 Å². The number of methoxy groups -OCH3 is 1. The quantitative estimate of drug-likeness (QED) is 0.710. The van der Waals surface area contributed by atoms with E-state index in [1.54, 1.807) is 14.0 Å². The summed E-state index contributed by atoms with van der Waals surface area (Å²) in [6.45, 7) is 1.63. The van der Waals surface area contributed by atoms with Crippen LogP contribution in [-0.2, 0) is 4.79 Å². The Kier molecular flexibility index (Phi) is 4.99. The molecule has 8 nitrogen and oxygen atoms in total. The van der Waals surface area contributed by atoms with Crippen molar-refractivity contribution in [1.82, 2.24) is 20.5 Å². The third-order valence-electron chi connectivity index (χ3n) is 2.73. The number of urea groups is 1. The Morgan fingerprint density at radius 2 is 2.05 bits per heavy atom. The molecule has 1 atom stereocenters. The summed E-state index contributed by atoms with van der Waals surface area (Å²) in [5.41, 5.74) is 5.74. The summed E-state index contributed by atoms with van der Waals surface area (Å²) in [7, 11) is 1.59. The first-order chi connectivity index (χ1) is 10.5. The Bertz CT molecular complexity index is 671. The van der Waals surface area contributed by atoms with E-state index in [0.717, 1.165) is 23.1 Å². The lowest BCUT2D eigenvalue weighted by Crippen LogP contribution is -2.39. The van der Waals surface area contributed by atoms with Crippen molar-refractivity contribution in [3.63, 3.8) is 0 Å². The van der Waals surface area contributed by atoms with Crippen molar-refractivity contribution >= 4 is 23.7 Å². The Hall–Kier alpha value is -2.55. The zero-order valence-corrected chi connectivity index (χ0v) is 12.8. The molecule has 22 heavy (non-hydrogen) atoms. The molecule has 0 saturated heterocycles. The molecule has 1 aromatic carbocycles. The van der Waals surface area contributed by atoms with Gasteiger partial charge in [0, 0.05) is 5.56 Å². The number of nitrogens with two attached hydrogens (primary N) is 1. The van der Waals surface area contributed by atoms with Crippen LogP contribution in [0.1, 0.15) is 6.92 Å². The summed E-state index contributed by atoms with van der Waals surface area (Å²) < 4.78 is 5.09. The number of carbonyl (C=O) groups excluding carboxylic acids is 2. The highest BCUT2D eigenvalue weighted by Gasteiger charge is 2.18. The largest absolute Gasteiger partial charge is 0.497 e. The van der Waals surface area contributed by atoms with Gasteiger partial charge < -0.3 is 10.5 Å². The van der Waals surface area contributed by atoms with Crippen molar-refractivity contribution in [3.8, 4) is 17.1 Å². The Morgan fingerprint density at radius 3 is 2.64 bits per heavy atom. The molecular formula is C13H15N5O3S. The number of hydrogen-bond donors (Lipinski definition) is 3. The highest BCUT2D eigenvalue weighted by Crippen LogP contribution is 2.23. The van der Waals surface area contributed by atoms with Crippen LogP contribution in [0.2, 0.25) is 0 Å². The van der Waals surface area contributed by atoms with Crippen molar-refractivity contribution in [1.29, 1.82) is 0 Å². The minimum atomic E-state index is -0.883. The van der Waals surface area contributed by atoms with E-state index in [1.807, 2.05) is 29.6 Å². The van der Waals surface area contributed by atoms with Crippen LogP contribution >= 0.6 is 11.8 Å². The standard InChI is InChI=1S/C13H15N5O3S/c1-7(11(19)16-12(14)20)22-13-15-10(17-18-13)8-3-5-9(21-2)6-4-8/h3-7H,1-2H3,(H,15,17,18)(H3,14,16,19,20)/t7-/m0/s1. The predicted molar refractivity (Wildman–Crippen MR) is 81.4 cm³/mol. The van der Waals surface area contributed by atoms with Gasteiger partial charge in [-0.15, -0.1) is 5.10 Å². The molecule has 116 valence electrons. The van der Waals surface area contributed by atoms with Gasteiger partial charge in [0.1, 0.15) is 5.75 Å². The molecule has 3 amide bonds. The molecule has 0 aliphatic rings.